The van der Waals surface area contributed by atoms with E-state index >= 15 is 0 Å². The molecule has 6 heteroatoms. The van der Waals surface area contributed by atoms with Crippen molar-refractivity contribution in [1.29, 1.82) is 0 Å². The second-order valence-electron chi connectivity index (χ2n) is 6.93. The number of nitrogens with one attached hydrogen (secondary N) is 1. The third-order valence-corrected chi connectivity index (χ3v) is 5.00. The Kier molecular flexibility index (Phi) is 6.16. The van der Waals surface area contributed by atoms with E-state index in [4.69, 9.17) is 9.15 Å². The summed E-state index contributed by atoms with van der Waals surface area (Å²) in [5.74, 6) is 1.37. The van der Waals surface area contributed by atoms with Crippen molar-refractivity contribution < 1.29 is 18.7 Å². The molecule has 6 nitrogen and oxygen atoms in total. The molecule has 2 amide bonds. The van der Waals surface area contributed by atoms with Crippen molar-refractivity contribution in [3.63, 3.8) is 0 Å². The largest absolute Gasteiger partial charge is 0.497 e. The zero-order chi connectivity index (χ0) is 19.2. The van der Waals surface area contributed by atoms with Crippen molar-refractivity contribution in [2.75, 3.05) is 13.7 Å². The zero-order valence-corrected chi connectivity index (χ0v) is 15.8. The van der Waals surface area contributed by atoms with Gasteiger partial charge in [-0.3, -0.25) is 9.59 Å². The molecule has 1 saturated carbocycles. The monoisotopic (exact) mass is 370 g/mol. The summed E-state index contributed by atoms with van der Waals surface area (Å²) in [6, 6.07) is 11.2. The molecule has 1 N–H and O–H groups in total. The minimum absolute atomic E-state index is 0.0463. The summed E-state index contributed by atoms with van der Waals surface area (Å²) in [6.45, 7) is 2.96. The molecule has 1 heterocycles. The highest BCUT2D eigenvalue weighted by Crippen LogP contribution is 2.36. The standard InChI is InChI=1S/C21H26N2O4/c1-15(17-7-8-17)23(14-16-5-9-18(26-2)10-6-16)20(24)11-12-22-21(25)19-4-3-13-27-19/h3-6,9-10,13,15,17H,7-8,11-12,14H2,1-2H3,(H,22,25). The summed E-state index contributed by atoms with van der Waals surface area (Å²) in [6.07, 6.45) is 4.05. The van der Waals surface area contributed by atoms with Gasteiger partial charge >= 0.3 is 0 Å². The first-order chi connectivity index (χ1) is 13.1. The van der Waals surface area contributed by atoms with E-state index in [9.17, 15) is 9.59 Å². The number of methoxy groups -OCH3 is 1. The lowest BCUT2D eigenvalue weighted by atomic mass is 10.1. The Balaban J connectivity index is 1.57. The van der Waals surface area contributed by atoms with Gasteiger partial charge in [-0.1, -0.05) is 12.1 Å². The molecule has 1 fully saturated rings. The molecule has 0 saturated heterocycles. The summed E-state index contributed by atoms with van der Waals surface area (Å²) < 4.78 is 10.3. The van der Waals surface area contributed by atoms with E-state index in [0.717, 1.165) is 11.3 Å². The first-order valence-electron chi connectivity index (χ1n) is 9.32. The van der Waals surface area contributed by atoms with Gasteiger partial charge in [0.05, 0.1) is 13.4 Å². The van der Waals surface area contributed by atoms with E-state index in [0.29, 0.717) is 12.5 Å². The minimum atomic E-state index is -0.301. The number of hydrogen-bond donors (Lipinski definition) is 1. The van der Waals surface area contributed by atoms with Crippen molar-refractivity contribution in [1.82, 2.24) is 10.2 Å². The van der Waals surface area contributed by atoms with Gasteiger partial charge in [0.1, 0.15) is 5.75 Å². The Bertz CT molecular complexity index is 751. The lowest BCUT2D eigenvalue weighted by Gasteiger charge is -2.30. The van der Waals surface area contributed by atoms with E-state index in [1.54, 1.807) is 19.2 Å². The van der Waals surface area contributed by atoms with Crippen LogP contribution in [-0.4, -0.2) is 36.4 Å². The Morgan fingerprint density at radius 2 is 2.00 bits per heavy atom. The number of carbonyl (C=O) groups excluding carboxylic acids is 2. The Morgan fingerprint density at radius 3 is 2.59 bits per heavy atom. The summed E-state index contributed by atoms with van der Waals surface area (Å²) in [4.78, 5) is 26.7. The van der Waals surface area contributed by atoms with Gasteiger partial charge in [-0.05, 0) is 55.5 Å². The maximum Gasteiger partial charge on any atom is 0.286 e. The first kappa shape index (κ1) is 19.0. The number of nitrogens with zero attached hydrogens (tertiary/aromatic N) is 1. The van der Waals surface area contributed by atoms with Gasteiger partial charge in [-0.2, -0.15) is 0 Å². The fraction of sp³-hybridized carbons (Fsp3) is 0.429. The lowest BCUT2D eigenvalue weighted by molar-refractivity contribution is -0.134. The van der Waals surface area contributed by atoms with Crippen LogP contribution in [0.1, 0.15) is 42.3 Å². The predicted molar refractivity (Wildman–Crippen MR) is 101 cm³/mol. The topological polar surface area (TPSA) is 71.8 Å². The number of carbonyl (C=O) groups is 2. The Hall–Kier alpha value is -2.76. The van der Waals surface area contributed by atoms with Crippen LogP contribution in [0.4, 0.5) is 0 Å². The van der Waals surface area contributed by atoms with Crippen molar-refractivity contribution in [3.8, 4) is 5.75 Å². The summed E-state index contributed by atoms with van der Waals surface area (Å²) in [5, 5.41) is 2.74. The number of furan rings is 1. The van der Waals surface area contributed by atoms with Gasteiger partial charge in [0.25, 0.3) is 5.91 Å². The van der Waals surface area contributed by atoms with Crippen molar-refractivity contribution in [2.45, 2.75) is 38.8 Å². The van der Waals surface area contributed by atoms with Crippen molar-refractivity contribution in [2.24, 2.45) is 5.92 Å². The second-order valence-corrected chi connectivity index (χ2v) is 6.93. The number of ether oxygens (including phenoxy) is 1. The van der Waals surface area contributed by atoms with Crippen LogP contribution in [-0.2, 0) is 11.3 Å². The molecule has 1 aliphatic rings. The van der Waals surface area contributed by atoms with Crippen LogP contribution in [0.5, 0.6) is 5.75 Å². The van der Waals surface area contributed by atoms with Gasteiger partial charge in [0, 0.05) is 25.6 Å². The molecule has 1 aromatic carbocycles. The van der Waals surface area contributed by atoms with Crippen LogP contribution in [0.25, 0.3) is 0 Å². The van der Waals surface area contributed by atoms with Crippen molar-refractivity contribution in [3.05, 3.63) is 54.0 Å². The molecule has 0 radical (unpaired) electrons. The van der Waals surface area contributed by atoms with Crippen LogP contribution in [0.3, 0.4) is 0 Å². The SMILES string of the molecule is COc1ccc(CN(C(=O)CCNC(=O)c2ccco2)C(C)C2CC2)cc1. The summed E-state index contributed by atoms with van der Waals surface area (Å²) in [5.41, 5.74) is 1.07. The minimum Gasteiger partial charge on any atom is -0.497 e. The maximum absolute atomic E-state index is 12.8. The molecule has 0 bridgehead atoms. The van der Waals surface area contributed by atoms with Crippen LogP contribution in [0, 0.1) is 5.92 Å². The van der Waals surface area contributed by atoms with Gasteiger partial charge in [-0.25, -0.2) is 0 Å². The fourth-order valence-electron chi connectivity index (χ4n) is 3.14. The molecule has 0 aliphatic heterocycles. The summed E-state index contributed by atoms with van der Waals surface area (Å²) >= 11 is 0. The fourth-order valence-corrected chi connectivity index (χ4v) is 3.14. The number of rotatable bonds is 9. The quantitative estimate of drug-likeness (QED) is 0.736. The molecule has 2 aromatic rings. The van der Waals surface area contributed by atoms with E-state index in [1.807, 2.05) is 29.2 Å². The predicted octanol–water partition coefficient (Wildman–Crippen LogP) is 3.24. The first-order valence-corrected chi connectivity index (χ1v) is 9.32. The van der Waals surface area contributed by atoms with Crippen LogP contribution in [0.15, 0.2) is 47.1 Å². The smallest absolute Gasteiger partial charge is 0.286 e. The molecule has 0 spiro atoms. The number of hydrogen-bond acceptors (Lipinski definition) is 4. The van der Waals surface area contributed by atoms with Gasteiger partial charge < -0.3 is 19.4 Å². The van der Waals surface area contributed by atoms with Crippen molar-refractivity contribution >= 4 is 11.8 Å². The maximum atomic E-state index is 12.8. The van der Waals surface area contributed by atoms with Crippen LogP contribution >= 0.6 is 0 Å². The average molecular weight is 370 g/mol. The lowest BCUT2D eigenvalue weighted by Crippen LogP contribution is -2.41. The van der Waals surface area contributed by atoms with E-state index in [2.05, 4.69) is 12.2 Å². The van der Waals surface area contributed by atoms with E-state index in [-0.39, 0.29) is 36.6 Å². The second kappa shape index (κ2) is 8.75. The van der Waals surface area contributed by atoms with Crippen LogP contribution in [0.2, 0.25) is 0 Å². The normalized spacial score (nSPS) is 14.4. The molecule has 144 valence electrons. The number of amides is 2. The number of benzene rings is 1. The molecule has 3 rings (SSSR count). The molecule has 1 unspecified atom stereocenters. The van der Waals surface area contributed by atoms with Crippen LogP contribution < -0.4 is 10.1 Å². The molecular weight excluding hydrogens is 344 g/mol. The zero-order valence-electron chi connectivity index (χ0n) is 15.8. The highest BCUT2D eigenvalue weighted by Gasteiger charge is 2.34. The van der Waals surface area contributed by atoms with E-state index in [1.165, 1.54) is 19.1 Å². The third-order valence-electron chi connectivity index (χ3n) is 5.00. The third kappa shape index (κ3) is 5.12. The highest BCUT2D eigenvalue weighted by molar-refractivity contribution is 5.91. The average Bonchev–Trinajstić information content (AvgIpc) is 3.39. The molecular formula is C21H26N2O4. The molecule has 1 aromatic heterocycles. The summed E-state index contributed by atoms with van der Waals surface area (Å²) in [7, 11) is 1.64. The Labute approximate surface area is 159 Å². The van der Waals surface area contributed by atoms with Gasteiger partial charge in [0.2, 0.25) is 5.91 Å². The molecule has 27 heavy (non-hydrogen) atoms. The van der Waals surface area contributed by atoms with Gasteiger partial charge in [-0.15, -0.1) is 0 Å². The Morgan fingerprint density at radius 1 is 1.26 bits per heavy atom. The molecule has 1 aliphatic carbocycles. The highest BCUT2D eigenvalue weighted by atomic mass is 16.5. The van der Waals surface area contributed by atoms with Gasteiger partial charge in [0.15, 0.2) is 5.76 Å². The molecule has 1 atom stereocenters. The van der Waals surface area contributed by atoms with E-state index < -0.39 is 0 Å².